The summed E-state index contributed by atoms with van der Waals surface area (Å²) in [6.07, 6.45) is 10.1. The zero-order valence-corrected chi connectivity index (χ0v) is 29.3. The van der Waals surface area contributed by atoms with E-state index in [4.69, 9.17) is 4.52 Å². The van der Waals surface area contributed by atoms with Crippen LogP contribution in [0, 0.1) is 10.8 Å². The number of benzene rings is 2. The van der Waals surface area contributed by atoms with E-state index in [9.17, 15) is 9.79 Å². The van der Waals surface area contributed by atoms with E-state index < -0.39 is 7.28 Å². The van der Waals surface area contributed by atoms with Crippen molar-refractivity contribution in [3.63, 3.8) is 0 Å². The van der Waals surface area contributed by atoms with Crippen LogP contribution in [-0.2, 0) is 15.4 Å². The Kier molecular flexibility index (Phi) is 11.9. The Morgan fingerprint density at radius 2 is 0.878 bits per heavy atom. The van der Waals surface area contributed by atoms with Gasteiger partial charge in [0.25, 0.3) is 0 Å². The summed E-state index contributed by atoms with van der Waals surface area (Å²) in [5.41, 5.74) is 2.71. The summed E-state index contributed by atoms with van der Waals surface area (Å²) in [7, 11) is -4.85. The van der Waals surface area contributed by atoms with Gasteiger partial charge in [0.2, 0.25) is 0 Å². The van der Waals surface area contributed by atoms with Gasteiger partial charge in [-0.3, -0.25) is 0 Å². The van der Waals surface area contributed by atoms with Crippen LogP contribution < -0.4 is 10.6 Å². The molecule has 0 heterocycles. The molecule has 0 spiro atoms. The van der Waals surface area contributed by atoms with Crippen LogP contribution in [0.3, 0.4) is 0 Å². The normalized spacial score (nSPS) is 14.6. The van der Waals surface area contributed by atoms with E-state index in [0.717, 1.165) is 32.1 Å². The van der Waals surface area contributed by atoms with Crippen molar-refractivity contribution in [3.8, 4) is 0 Å². The Balaban J connectivity index is 2.40. The first kappa shape index (κ1) is 35.9. The molecule has 0 bridgehead atoms. The van der Waals surface area contributed by atoms with Crippen LogP contribution in [-0.4, -0.2) is 16.4 Å². The third kappa shape index (κ3) is 10.5. The SMILES string of the molecule is CCCCCCCCCOP(O)(O)(c1ccc(C(C)(C)CC(C)(C)C)cc1)c1ccc(C(C)(C)CC(C)(C)C)cc1. The topological polar surface area (TPSA) is 49.7 Å². The van der Waals surface area contributed by atoms with Gasteiger partial charge in [0.1, 0.15) is 0 Å². The zero-order valence-electron chi connectivity index (χ0n) is 28.4. The van der Waals surface area contributed by atoms with Crippen LogP contribution in [0.2, 0.25) is 0 Å². The van der Waals surface area contributed by atoms with Gasteiger partial charge in [0.05, 0.1) is 0 Å². The summed E-state index contributed by atoms with van der Waals surface area (Å²) < 4.78 is 6.27. The minimum atomic E-state index is -4.85. The molecule has 0 radical (unpaired) electrons. The predicted octanol–water partition coefficient (Wildman–Crippen LogP) is 10.1. The maximum atomic E-state index is 12.3. The van der Waals surface area contributed by atoms with Gasteiger partial charge in [-0.15, -0.1) is 0 Å². The Hall–Kier alpha value is -1.25. The zero-order chi connectivity index (χ0) is 31.2. The van der Waals surface area contributed by atoms with Gasteiger partial charge in [0.15, 0.2) is 0 Å². The van der Waals surface area contributed by atoms with Gasteiger partial charge in [0, 0.05) is 0 Å². The van der Waals surface area contributed by atoms with Crippen LogP contribution >= 0.6 is 7.28 Å². The second-order valence-corrected chi connectivity index (χ2v) is 19.4. The van der Waals surface area contributed by atoms with E-state index in [0.29, 0.717) is 17.2 Å². The third-order valence-electron chi connectivity index (χ3n) is 8.26. The van der Waals surface area contributed by atoms with Gasteiger partial charge in [-0.1, -0.05) is 0 Å². The molecule has 4 heteroatoms. The first-order valence-electron chi connectivity index (χ1n) is 16.1. The van der Waals surface area contributed by atoms with Gasteiger partial charge in [-0.25, -0.2) is 0 Å². The molecule has 41 heavy (non-hydrogen) atoms. The number of hydrogen-bond acceptors (Lipinski definition) is 3. The van der Waals surface area contributed by atoms with Gasteiger partial charge in [-0.2, -0.15) is 0 Å². The van der Waals surface area contributed by atoms with Crippen LogP contribution in [0.1, 0.15) is 145 Å². The second-order valence-electron chi connectivity index (χ2n) is 16.2. The molecule has 0 aromatic heterocycles. The van der Waals surface area contributed by atoms with Crippen molar-refractivity contribution < 1.29 is 14.3 Å². The van der Waals surface area contributed by atoms with Crippen molar-refractivity contribution in [2.24, 2.45) is 10.8 Å². The Morgan fingerprint density at radius 3 is 1.22 bits per heavy atom. The van der Waals surface area contributed by atoms with E-state index in [-0.39, 0.29) is 21.7 Å². The molecule has 0 aliphatic rings. The van der Waals surface area contributed by atoms with Crippen LogP contribution in [0.25, 0.3) is 0 Å². The minimum absolute atomic E-state index is 0.0307. The number of rotatable bonds is 15. The van der Waals surface area contributed by atoms with Crippen molar-refractivity contribution in [2.75, 3.05) is 6.61 Å². The predicted molar refractivity (Wildman–Crippen MR) is 182 cm³/mol. The van der Waals surface area contributed by atoms with Crippen molar-refractivity contribution in [2.45, 2.75) is 145 Å². The van der Waals surface area contributed by atoms with Crippen LogP contribution in [0.5, 0.6) is 0 Å². The average molecular weight is 587 g/mol. The number of hydrogen-bond donors (Lipinski definition) is 2. The molecule has 3 nitrogen and oxygen atoms in total. The molecule has 234 valence electrons. The quantitative estimate of drug-likeness (QED) is 0.161. The molecular weight excluding hydrogens is 523 g/mol. The van der Waals surface area contributed by atoms with Crippen molar-refractivity contribution in [1.82, 2.24) is 0 Å². The first-order valence-corrected chi connectivity index (χ1v) is 18.1. The fourth-order valence-corrected chi connectivity index (χ4v) is 9.26. The molecule has 0 saturated carbocycles. The molecule has 2 aromatic rings. The molecule has 2 rings (SSSR count). The summed E-state index contributed by atoms with van der Waals surface area (Å²) >= 11 is 0. The number of unbranched alkanes of at least 4 members (excludes halogenated alkanes) is 6. The Morgan fingerprint density at radius 1 is 0.537 bits per heavy atom. The molecule has 0 atom stereocenters. The fraction of sp³-hybridized carbons (Fsp3) is 0.676. The molecule has 0 saturated heterocycles. The van der Waals surface area contributed by atoms with Crippen molar-refractivity contribution in [3.05, 3.63) is 59.7 Å². The van der Waals surface area contributed by atoms with E-state index in [1.165, 1.54) is 36.8 Å². The van der Waals surface area contributed by atoms with Gasteiger partial charge >= 0.3 is 254 Å². The van der Waals surface area contributed by atoms with E-state index >= 15 is 0 Å². The first-order chi connectivity index (χ1) is 18.7. The summed E-state index contributed by atoms with van der Waals surface area (Å²) in [5, 5.41) is 0.937. The molecule has 2 N–H and O–H groups in total. The summed E-state index contributed by atoms with van der Waals surface area (Å²) in [6.45, 7) is 25.2. The van der Waals surface area contributed by atoms with Crippen molar-refractivity contribution in [1.29, 1.82) is 0 Å². The van der Waals surface area contributed by atoms with E-state index in [1.807, 2.05) is 24.3 Å². The van der Waals surface area contributed by atoms with Gasteiger partial charge < -0.3 is 0 Å². The summed E-state index contributed by atoms with van der Waals surface area (Å²) in [6, 6.07) is 15.8. The summed E-state index contributed by atoms with van der Waals surface area (Å²) in [4.78, 5) is 24.6. The molecule has 0 amide bonds. The molecular formula is C37H63O3P. The Labute approximate surface area is 253 Å². The summed E-state index contributed by atoms with van der Waals surface area (Å²) in [5.74, 6) is 0. The molecule has 0 aliphatic carbocycles. The average Bonchev–Trinajstić information content (AvgIpc) is 2.83. The molecule has 0 aliphatic heterocycles. The van der Waals surface area contributed by atoms with Crippen molar-refractivity contribution >= 4 is 17.9 Å². The Bertz CT molecular complexity index is 992. The molecule has 2 aromatic carbocycles. The van der Waals surface area contributed by atoms with E-state index in [2.05, 4.69) is 100 Å². The monoisotopic (exact) mass is 586 g/mol. The molecule has 0 fully saturated rings. The second kappa shape index (κ2) is 13.6. The standard InChI is InChI=1S/C37H63O3P/c1-12-13-14-15-16-17-18-27-40-41(38,39,32-23-19-30(20-24-32)36(8,9)28-34(2,3)4)33-25-21-31(22-26-33)37(10,11)29-35(5,6)7/h19-26,38-39H,12-18,27-29H2,1-11H3. The van der Waals surface area contributed by atoms with E-state index in [1.54, 1.807) is 0 Å². The third-order valence-corrected chi connectivity index (χ3v) is 11.4. The van der Waals surface area contributed by atoms with Gasteiger partial charge in [-0.05, 0) is 0 Å². The van der Waals surface area contributed by atoms with Crippen LogP contribution in [0.15, 0.2) is 48.5 Å². The maximum absolute atomic E-state index is 12.3. The fourth-order valence-electron chi connectivity index (χ4n) is 6.81. The van der Waals surface area contributed by atoms with Crippen LogP contribution in [0.4, 0.5) is 0 Å². The molecule has 0 unspecified atom stereocenters.